The monoisotopic (exact) mass is 494 g/mol. The Labute approximate surface area is 189 Å². The highest BCUT2D eigenvalue weighted by Gasteiger charge is 2.55. The topological polar surface area (TPSA) is 74.4 Å². The van der Waals surface area contributed by atoms with Crippen LogP contribution >= 0.6 is 23.5 Å². The first-order valence-electron chi connectivity index (χ1n) is 9.58. The van der Waals surface area contributed by atoms with E-state index in [9.17, 15) is 4.57 Å². The maximum absolute atomic E-state index is 14.7. The summed E-state index contributed by atoms with van der Waals surface area (Å²) in [5, 5.41) is -1.69. The maximum Gasteiger partial charge on any atom is 0.461 e. The first-order valence-corrected chi connectivity index (χ1v) is 11.9. The van der Waals surface area contributed by atoms with Crippen LogP contribution in [0, 0.1) is 0 Å². The fraction of sp³-hybridized carbons (Fsp3) is 0.0417. The summed E-state index contributed by atoms with van der Waals surface area (Å²) in [5.74, 6) is 0.755. The number of halogens is 1. The van der Waals surface area contributed by atoms with E-state index in [4.69, 9.17) is 14.8 Å². The van der Waals surface area contributed by atoms with E-state index in [0.29, 0.717) is 27.4 Å². The van der Waals surface area contributed by atoms with E-state index in [1.54, 1.807) is 78.9 Å². The van der Waals surface area contributed by atoms with Gasteiger partial charge in [-0.1, -0.05) is 72.8 Å². The number of hydrogen-bond acceptors (Lipinski definition) is 5. The molecule has 0 saturated carbocycles. The lowest BCUT2D eigenvalue weighted by Gasteiger charge is -2.35. The van der Waals surface area contributed by atoms with E-state index in [2.05, 4.69) is 20.9 Å². The molecule has 4 aromatic rings. The summed E-state index contributed by atoms with van der Waals surface area (Å²) in [4.78, 5) is 4.53. The van der Waals surface area contributed by atoms with Gasteiger partial charge in [-0.2, -0.15) is 0 Å². The van der Waals surface area contributed by atoms with Crippen molar-refractivity contribution in [3.05, 3.63) is 125 Å². The molecule has 3 aromatic carbocycles. The molecule has 0 bridgehead atoms. The molecular formula is C24H20BrN2O3P. The molecule has 0 saturated heterocycles. The van der Waals surface area contributed by atoms with Crippen molar-refractivity contribution in [2.75, 3.05) is 0 Å². The molecule has 1 unspecified atom stereocenters. The van der Waals surface area contributed by atoms with Crippen LogP contribution < -0.4 is 14.8 Å². The van der Waals surface area contributed by atoms with Gasteiger partial charge in [0, 0.05) is 0 Å². The highest BCUT2D eigenvalue weighted by molar-refractivity contribution is 9.10. The predicted octanol–water partition coefficient (Wildman–Crippen LogP) is 6.36. The smallest absolute Gasteiger partial charge is 0.414 e. The summed E-state index contributed by atoms with van der Waals surface area (Å²) >= 11 is 3.39. The van der Waals surface area contributed by atoms with Gasteiger partial charge in [-0.3, -0.25) is 0 Å². The molecule has 0 radical (unpaired) electrons. The number of para-hydroxylation sites is 2. The van der Waals surface area contributed by atoms with E-state index < -0.39 is 12.9 Å². The minimum Gasteiger partial charge on any atom is -0.414 e. The fourth-order valence-electron chi connectivity index (χ4n) is 3.16. The quantitative estimate of drug-likeness (QED) is 0.239. The Hall–Kier alpha value is -2.92. The Morgan fingerprint density at radius 1 is 0.710 bits per heavy atom. The molecule has 1 heterocycles. The van der Waals surface area contributed by atoms with Gasteiger partial charge in [-0.15, -0.1) is 0 Å². The van der Waals surface area contributed by atoms with Gasteiger partial charge < -0.3 is 14.8 Å². The summed E-state index contributed by atoms with van der Waals surface area (Å²) in [5.41, 5.74) is 7.89. The van der Waals surface area contributed by atoms with E-state index >= 15 is 0 Å². The summed E-state index contributed by atoms with van der Waals surface area (Å²) in [7, 11) is -4.15. The summed E-state index contributed by atoms with van der Waals surface area (Å²) in [6.45, 7) is 0. The summed E-state index contributed by atoms with van der Waals surface area (Å²) in [6, 6.07) is 32.1. The van der Waals surface area contributed by atoms with Crippen LogP contribution in [-0.2, 0) is 9.85 Å². The molecule has 2 N–H and O–H groups in total. The van der Waals surface area contributed by atoms with E-state index in [-0.39, 0.29) is 0 Å². The normalized spacial score (nSPS) is 13.2. The molecule has 1 aromatic heterocycles. The Morgan fingerprint density at radius 3 is 1.68 bits per heavy atom. The third-order valence-electron chi connectivity index (χ3n) is 4.69. The number of pyridine rings is 1. The average molecular weight is 495 g/mol. The van der Waals surface area contributed by atoms with Crippen LogP contribution in [0.3, 0.4) is 0 Å². The second-order valence-electron chi connectivity index (χ2n) is 6.78. The van der Waals surface area contributed by atoms with Crippen molar-refractivity contribution in [1.29, 1.82) is 0 Å². The largest absolute Gasteiger partial charge is 0.461 e. The number of hydrogen-bond donors (Lipinski definition) is 1. The van der Waals surface area contributed by atoms with Gasteiger partial charge >= 0.3 is 7.60 Å². The van der Waals surface area contributed by atoms with Crippen LogP contribution in [0.2, 0.25) is 0 Å². The number of rotatable bonds is 7. The third-order valence-corrected chi connectivity index (χ3v) is 7.38. The number of benzene rings is 3. The number of aromatic nitrogens is 1. The van der Waals surface area contributed by atoms with Gasteiger partial charge in [0.15, 0.2) is 0 Å². The molecule has 0 aliphatic heterocycles. The number of nitrogens with zero attached hydrogens (tertiary/aromatic N) is 1. The Kier molecular flexibility index (Phi) is 6.23. The van der Waals surface area contributed by atoms with Crippen LogP contribution in [0.5, 0.6) is 11.5 Å². The zero-order chi connectivity index (χ0) is 21.7. The average Bonchev–Trinajstić information content (AvgIpc) is 2.80. The number of nitrogens with two attached hydrogens (primary N) is 1. The molecule has 0 aliphatic carbocycles. The van der Waals surface area contributed by atoms with Crippen molar-refractivity contribution in [2.45, 2.75) is 5.28 Å². The van der Waals surface area contributed by atoms with Gasteiger partial charge in [-0.25, -0.2) is 9.55 Å². The van der Waals surface area contributed by atoms with Crippen LogP contribution in [0.15, 0.2) is 114 Å². The predicted molar refractivity (Wildman–Crippen MR) is 125 cm³/mol. The SMILES string of the molecule is NC(c1ccccc1)(c1cccc(Br)n1)P(=O)(Oc1ccccc1)Oc1ccccc1. The van der Waals surface area contributed by atoms with Gasteiger partial charge in [0.05, 0.1) is 5.69 Å². The van der Waals surface area contributed by atoms with Crippen LogP contribution in [0.4, 0.5) is 0 Å². The van der Waals surface area contributed by atoms with Crippen molar-refractivity contribution in [2.24, 2.45) is 5.73 Å². The molecule has 0 fully saturated rings. The van der Waals surface area contributed by atoms with Crippen molar-refractivity contribution in [1.82, 2.24) is 4.98 Å². The molecule has 31 heavy (non-hydrogen) atoms. The Morgan fingerprint density at radius 2 is 1.19 bits per heavy atom. The zero-order valence-electron chi connectivity index (χ0n) is 16.5. The zero-order valence-corrected chi connectivity index (χ0v) is 18.9. The first-order chi connectivity index (χ1) is 15.0. The molecule has 0 aliphatic rings. The van der Waals surface area contributed by atoms with Gasteiger partial charge in [0.1, 0.15) is 16.1 Å². The summed E-state index contributed by atoms with van der Waals surface area (Å²) < 4.78 is 27.4. The van der Waals surface area contributed by atoms with Crippen molar-refractivity contribution in [3.8, 4) is 11.5 Å². The highest BCUT2D eigenvalue weighted by Crippen LogP contribution is 2.63. The summed E-state index contributed by atoms with van der Waals surface area (Å²) in [6.07, 6.45) is 0. The first kappa shape index (κ1) is 21.3. The molecule has 5 nitrogen and oxygen atoms in total. The standard InChI is InChI=1S/C24H20BrN2O3P/c25-23-18-10-17-22(27-23)24(26,19-11-4-1-5-12-19)31(28,29-20-13-6-2-7-14-20)30-21-15-8-3-9-16-21/h1-18H,26H2. The van der Waals surface area contributed by atoms with Gasteiger partial charge in [0.2, 0.25) is 5.28 Å². The van der Waals surface area contributed by atoms with Gasteiger partial charge in [0.25, 0.3) is 0 Å². The Balaban J connectivity index is 1.94. The molecule has 0 spiro atoms. The minimum absolute atomic E-state index is 0.350. The minimum atomic E-state index is -4.15. The molecule has 156 valence electrons. The van der Waals surface area contributed by atoms with E-state index in [1.807, 2.05) is 30.3 Å². The van der Waals surface area contributed by atoms with Crippen molar-refractivity contribution in [3.63, 3.8) is 0 Å². The lowest BCUT2D eigenvalue weighted by molar-refractivity contribution is 0.352. The lowest BCUT2D eigenvalue weighted by Crippen LogP contribution is -2.41. The molecule has 0 amide bonds. The third kappa shape index (κ3) is 4.42. The van der Waals surface area contributed by atoms with Crippen molar-refractivity contribution < 1.29 is 13.6 Å². The highest BCUT2D eigenvalue weighted by atomic mass is 79.9. The van der Waals surface area contributed by atoms with Crippen LogP contribution in [0.25, 0.3) is 0 Å². The second kappa shape index (κ2) is 9.06. The van der Waals surface area contributed by atoms with Crippen molar-refractivity contribution >= 4 is 23.5 Å². The second-order valence-corrected chi connectivity index (χ2v) is 9.66. The fourth-order valence-corrected chi connectivity index (χ4v) is 5.50. The van der Waals surface area contributed by atoms with E-state index in [0.717, 1.165) is 0 Å². The Bertz CT molecular complexity index is 1150. The molecular weight excluding hydrogens is 475 g/mol. The van der Waals surface area contributed by atoms with Crippen LogP contribution in [0.1, 0.15) is 11.3 Å². The molecule has 7 heteroatoms. The van der Waals surface area contributed by atoms with Crippen LogP contribution in [-0.4, -0.2) is 4.98 Å². The lowest BCUT2D eigenvalue weighted by atomic mass is 10.0. The molecule has 1 atom stereocenters. The molecule has 4 rings (SSSR count). The van der Waals surface area contributed by atoms with E-state index in [1.165, 1.54) is 0 Å². The maximum atomic E-state index is 14.7. The van der Waals surface area contributed by atoms with Gasteiger partial charge in [-0.05, 0) is 57.9 Å².